The van der Waals surface area contributed by atoms with Crippen molar-refractivity contribution >= 4 is 23.2 Å². The normalized spacial score (nSPS) is 16.1. The second kappa shape index (κ2) is 9.42. The molecule has 0 spiro atoms. The van der Waals surface area contributed by atoms with Gasteiger partial charge in [0.2, 0.25) is 11.8 Å². The number of benzene rings is 1. The first-order valence-electron chi connectivity index (χ1n) is 9.10. The van der Waals surface area contributed by atoms with Crippen LogP contribution in [0.5, 0.6) is 5.75 Å². The number of amides is 2. The number of rotatable bonds is 7. The second-order valence-electron chi connectivity index (χ2n) is 6.62. The molecule has 1 aliphatic carbocycles. The van der Waals surface area contributed by atoms with Crippen molar-refractivity contribution in [3.05, 3.63) is 18.2 Å². The summed E-state index contributed by atoms with van der Waals surface area (Å²) >= 11 is 0. The molecule has 2 amide bonds. The van der Waals surface area contributed by atoms with Gasteiger partial charge in [0.1, 0.15) is 5.75 Å². The van der Waals surface area contributed by atoms with Crippen molar-refractivity contribution in [2.24, 2.45) is 11.7 Å². The lowest BCUT2D eigenvalue weighted by Gasteiger charge is -2.21. The van der Waals surface area contributed by atoms with Crippen molar-refractivity contribution in [2.75, 3.05) is 17.7 Å². The number of ether oxygens (including phenoxy) is 1. The summed E-state index contributed by atoms with van der Waals surface area (Å²) < 4.78 is 5.33. The van der Waals surface area contributed by atoms with Crippen LogP contribution in [0.1, 0.15) is 51.9 Å². The minimum Gasteiger partial charge on any atom is -0.495 e. The zero-order chi connectivity index (χ0) is 18.2. The molecule has 1 aromatic rings. The van der Waals surface area contributed by atoms with Gasteiger partial charge >= 0.3 is 0 Å². The molecule has 1 atom stereocenters. The number of nitrogens with two attached hydrogens (primary N) is 1. The Morgan fingerprint density at radius 1 is 1.24 bits per heavy atom. The van der Waals surface area contributed by atoms with Crippen LogP contribution in [-0.2, 0) is 9.59 Å². The van der Waals surface area contributed by atoms with Crippen LogP contribution in [-0.4, -0.2) is 25.0 Å². The van der Waals surface area contributed by atoms with Gasteiger partial charge in [-0.15, -0.1) is 0 Å². The number of anilines is 2. The Balaban J connectivity index is 2.08. The largest absolute Gasteiger partial charge is 0.495 e. The van der Waals surface area contributed by atoms with Crippen LogP contribution in [0.25, 0.3) is 0 Å². The zero-order valence-corrected chi connectivity index (χ0v) is 15.1. The van der Waals surface area contributed by atoms with E-state index in [1.54, 1.807) is 25.3 Å². The summed E-state index contributed by atoms with van der Waals surface area (Å²) in [5, 5.41) is 5.75. The van der Waals surface area contributed by atoms with E-state index in [0.717, 1.165) is 32.1 Å². The van der Waals surface area contributed by atoms with Crippen molar-refractivity contribution in [1.82, 2.24) is 0 Å². The SMILES string of the molecule is CCCC(N)C(=O)Nc1ccc(OC)c(NC(=O)C2CCCCC2)c1. The third kappa shape index (κ3) is 5.46. The predicted octanol–water partition coefficient (Wildman–Crippen LogP) is 3.28. The summed E-state index contributed by atoms with van der Waals surface area (Å²) in [5.74, 6) is 0.412. The van der Waals surface area contributed by atoms with E-state index in [1.807, 2.05) is 6.92 Å². The minimum absolute atomic E-state index is 0.0177. The van der Waals surface area contributed by atoms with Crippen LogP contribution in [0.4, 0.5) is 11.4 Å². The third-order valence-corrected chi connectivity index (χ3v) is 4.64. The quantitative estimate of drug-likeness (QED) is 0.705. The molecule has 0 aliphatic heterocycles. The van der Waals surface area contributed by atoms with Gasteiger partial charge in [-0.2, -0.15) is 0 Å². The van der Waals surface area contributed by atoms with Crippen LogP contribution in [0.15, 0.2) is 18.2 Å². The van der Waals surface area contributed by atoms with Gasteiger partial charge in [-0.05, 0) is 37.5 Å². The standard InChI is InChI=1S/C19H29N3O3/c1-3-7-15(20)19(24)21-14-10-11-17(25-2)16(12-14)22-18(23)13-8-5-4-6-9-13/h10-13,15H,3-9,20H2,1-2H3,(H,21,24)(H,22,23). The number of hydrogen-bond donors (Lipinski definition) is 3. The Labute approximate surface area is 149 Å². The summed E-state index contributed by atoms with van der Waals surface area (Å²) in [6.07, 6.45) is 6.73. The number of hydrogen-bond acceptors (Lipinski definition) is 4. The maximum absolute atomic E-state index is 12.5. The van der Waals surface area contributed by atoms with Gasteiger partial charge < -0.3 is 21.1 Å². The summed E-state index contributed by atoms with van der Waals surface area (Å²) in [4.78, 5) is 24.6. The lowest BCUT2D eigenvalue weighted by Crippen LogP contribution is -2.35. The first-order chi connectivity index (χ1) is 12.0. The molecule has 0 aromatic heterocycles. The molecule has 138 valence electrons. The van der Waals surface area contributed by atoms with Gasteiger partial charge in [-0.3, -0.25) is 9.59 Å². The van der Waals surface area contributed by atoms with E-state index in [0.29, 0.717) is 23.5 Å². The molecule has 2 rings (SSSR count). The Bertz CT molecular complexity index is 598. The molecular formula is C19H29N3O3. The molecular weight excluding hydrogens is 318 g/mol. The highest BCUT2D eigenvalue weighted by molar-refractivity contribution is 5.97. The van der Waals surface area contributed by atoms with E-state index in [-0.39, 0.29) is 17.7 Å². The molecule has 6 heteroatoms. The summed E-state index contributed by atoms with van der Waals surface area (Å²) in [6, 6.07) is 4.66. The number of carbonyl (C=O) groups is 2. The van der Waals surface area contributed by atoms with Crippen LogP contribution in [0, 0.1) is 5.92 Å². The zero-order valence-electron chi connectivity index (χ0n) is 15.1. The monoisotopic (exact) mass is 347 g/mol. The Morgan fingerprint density at radius 2 is 1.96 bits per heavy atom. The molecule has 1 aliphatic rings. The summed E-state index contributed by atoms with van der Waals surface area (Å²) in [5.41, 5.74) is 7.00. The fraction of sp³-hybridized carbons (Fsp3) is 0.579. The van der Waals surface area contributed by atoms with Crippen molar-refractivity contribution in [3.63, 3.8) is 0 Å². The van der Waals surface area contributed by atoms with Crippen LogP contribution < -0.4 is 21.1 Å². The number of nitrogens with one attached hydrogen (secondary N) is 2. The fourth-order valence-corrected chi connectivity index (χ4v) is 3.16. The highest BCUT2D eigenvalue weighted by Gasteiger charge is 2.22. The highest BCUT2D eigenvalue weighted by atomic mass is 16.5. The Hall–Kier alpha value is -2.08. The van der Waals surface area contributed by atoms with E-state index in [1.165, 1.54) is 6.42 Å². The molecule has 1 saturated carbocycles. The molecule has 0 heterocycles. The second-order valence-corrected chi connectivity index (χ2v) is 6.62. The smallest absolute Gasteiger partial charge is 0.241 e. The average Bonchev–Trinajstić information content (AvgIpc) is 2.63. The summed E-state index contributed by atoms with van der Waals surface area (Å²) in [6.45, 7) is 1.99. The van der Waals surface area contributed by atoms with Crippen LogP contribution in [0.2, 0.25) is 0 Å². The van der Waals surface area contributed by atoms with E-state index in [9.17, 15) is 9.59 Å². The van der Waals surface area contributed by atoms with Crippen LogP contribution in [0.3, 0.4) is 0 Å². The fourth-order valence-electron chi connectivity index (χ4n) is 3.16. The lowest BCUT2D eigenvalue weighted by molar-refractivity contribution is -0.120. The van der Waals surface area contributed by atoms with E-state index >= 15 is 0 Å². The van der Waals surface area contributed by atoms with Crippen molar-refractivity contribution in [2.45, 2.75) is 57.9 Å². The van der Waals surface area contributed by atoms with Crippen LogP contribution >= 0.6 is 0 Å². The molecule has 1 aromatic carbocycles. The number of methoxy groups -OCH3 is 1. The van der Waals surface area contributed by atoms with Gasteiger partial charge in [0, 0.05) is 11.6 Å². The maximum Gasteiger partial charge on any atom is 0.241 e. The van der Waals surface area contributed by atoms with E-state index in [2.05, 4.69) is 10.6 Å². The Kier molecular flexibility index (Phi) is 7.25. The first kappa shape index (κ1) is 19.2. The lowest BCUT2D eigenvalue weighted by atomic mass is 9.88. The number of carbonyl (C=O) groups excluding carboxylic acids is 2. The highest BCUT2D eigenvalue weighted by Crippen LogP contribution is 2.30. The minimum atomic E-state index is -0.535. The molecule has 0 radical (unpaired) electrons. The van der Waals surface area contributed by atoms with Gasteiger partial charge in [0.05, 0.1) is 18.8 Å². The van der Waals surface area contributed by atoms with Gasteiger partial charge in [0.15, 0.2) is 0 Å². The van der Waals surface area contributed by atoms with Gasteiger partial charge in [0.25, 0.3) is 0 Å². The summed E-state index contributed by atoms with van der Waals surface area (Å²) in [7, 11) is 1.56. The molecule has 1 fully saturated rings. The first-order valence-corrected chi connectivity index (χ1v) is 9.10. The molecule has 0 bridgehead atoms. The van der Waals surface area contributed by atoms with Crippen molar-refractivity contribution in [1.29, 1.82) is 0 Å². The topological polar surface area (TPSA) is 93.5 Å². The van der Waals surface area contributed by atoms with Gasteiger partial charge in [-0.25, -0.2) is 0 Å². The Morgan fingerprint density at radius 3 is 2.60 bits per heavy atom. The third-order valence-electron chi connectivity index (χ3n) is 4.64. The molecule has 0 saturated heterocycles. The molecule has 4 N–H and O–H groups in total. The average molecular weight is 347 g/mol. The maximum atomic E-state index is 12.5. The molecule has 6 nitrogen and oxygen atoms in total. The molecule has 25 heavy (non-hydrogen) atoms. The molecule has 1 unspecified atom stereocenters. The van der Waals surface area contributed by atoms with Crippen molar-refractivity contribution in [3.8, 4) is 5.75 Å². The van der Waals surface area contributed by atoms with Gasteiger partial charge in [-0.1, -0.05) is 32.6 Å². The van der Waals surface area contributed by atoms with E-state index in [4.69, 9.17) is 10.5 Å². The van der Waals surface area contributed by atoms with Crippen molar-refractivity contribution < 1.29 is 14.3 Å². The van der Waals surface area contributed by atoms with E-state index < -0.39 is 6.04 Å². The predicted molar refractivity (Wildman–Crippen MR) is 99.7 cm³/mol.